The van der Waals surface area contributed by atoms with E-state index in [1.54, 1.807) is 5.57 Å². The lowest BCUT2D eigenvalue weighted by atomic mass is 9.84. The molecule has 0 saturated carbocycles. The summed E-state index contributed by atoms with van der Waals surface area (Å²) < 4.78 is 0. The maximum atomic E-state index is 3.59. The van der Waals surface area contributed by atoms with Crippen molar-refractivity contribution < 1.29 is 0 Å². The molecule has 0 aromatic carbocycles. The van der Waals surface area contributed by atoms with E-state index in [4.69, 9.17) is 0 Å². The molecule has 1 N–H and O–H groups in total. The molecule has 0 amide bonds. The number of hydrogen-bond acceptors (Lipinski definition) is 2. The number of rotatable bonds is 6. The predicted octanol–water partition coefficient (Wildman–Crippen LogP) is 2.52. The van der Waals surface area contributed by atoms with Crippen molar-refractivity contribution in [2.75, 3.05) is 33.2 Å². The van der Waals surface area contributed by atoms with Crippen molar-refractivity contribution in [1.29, 1.82) is 0 Å². The number of allylic oxidation sites excluding steroid dienone is 2. The normalized spacial score (nSPS) is 25.9. The Balaban J connectivity index is 2.12. The van der Waals surface area contributed by atoms with Crippen molar-refractivity contribution >= 4 is 0 Å². The first-order chi connectivity index (χ1) is 7.61. The van der Waals surface area contributed by atoms with Gasteiger partial charge in [-0.1, -0.05) is 25.5 Å². The summed E-state index contributed by atoms with van der Waals surface area (Å²) in [6.45, 7) is 11.4. The molecule has 0 radical (unpaired) electrons. The quantitative estimate of drug-likeness (QED) is 0.551. The Morgan fingerprint density at radius 3 is 2.88 bits per heavy atom. The second-order valence-electron chi connectivity index (χ2n) is 5.40. The van der Waals surface area contributed by atoms with Gasteiger partial charge in [-0.25, -0.2) is 0 Å². The maximum Gasteiger partial charge on any atom is 0.0104 e. The number of nitrogens with one attached hydrogen (secondary N) is 1. The van der Waals surface area contributed by atoms with Gasteiger partial charge in [0, 0.05) is 13.1 Å². The molecule has 0 saturated heterocycles. The van der Waals surface area contributed by atoms with Crippen molar-refractivity contribution in [3.05, 3.63) is 11.6 Å². The average molecular weight is 224 g/mol. The van der Waals surface area contributed by atoms with Gasteiger partial charge in [0.25, 0.3) is 0 Å². The van der Waals surface area contributed by atoms with Gasteiger partial charge in [0.15, 0.2) is 0 Å². The van der Waals surface area contributed by atoms with Crippen LogP contribution >= 0.6 is 0 Å². The second kappa shape index (κ2) is 7.08. The van der Waals surface area contributed by atoms with Crippen LogP contribution in [0.4, 0.5) is 0 Å². The molecule has 1 aliphatic carbocycles. The fourth-order valence-corrected chi connectivity index (χ4v) is 2.58. The van der Waals surface area contributed by atoms with Gasteiger partial charge in [0.2, 0.25) is 0 Å². The van der Waals surface area contributed by atoms with E-state index in [9.17, 15) is 0 Å². The van der Waals surface area contributed by atoms with E-state index in [1.807, 2.05) is 0 Å². The molecule has 0 spiro atoms. The van der Waals surface area contributed by atoms with Crippen molar-refractivity contribution in [3.8, 4) is 0 Å². The monoisotopic (exact) mass is 224 g/mol. The number of hydrogen-bond donors (Lipinski definition) is 1. The highest BCUT2D eigenvalue weighted by molar-refractivity contribution is 5.06. The highest BCUT2D eigenvalue weighted by Crippen LogP contribution is 2.26. The van der Waals surface area contributed by atoms with E-state index < -0.39 is 0 Å². The van der Waals surface area contributed by atoms with Crippen LogP contribution in [0.1, 0.15) is 33.6 Å². The van der Waals surface area contributed by atoms with Crippen LogP contribution in [0.2, 0.25) is 0 Å². The van der Waals surface area contributed by atoms with Crippen LogP contribution in [0.15, 0.2) is 11.6 Å². The fraction of sp³-hybridized carbons (Fsp3) is 0.857. The fourth-order valence-electron chi connectivity index (χ4n) is 2.58. The van der Waals surface area contributed by atoms with E-state index in [0.29, 0.717) is 0 Å². The second-order valence-corrected chi connectivity index (χ2v) is 5.40. The van der Waals surface area contributed by atoms with E-state index in [0.717, 1.165) is 31.5 Å². The van der Waals surface area contributed by atoms with E-state index >= 15 is 0 Å². The lowest BCUT2D eigenvalue weighted by Crippen LogP contribution is -2.33. The molecule has 1 rings (SSSR count). The molecular formula is C14H28N2. The zero-order valence-electron chi connectivity index (χ0n) is 11.4. The zero-order valence-corrected chi connectivity index (χ0v) is 11.4. The van der Waals surface area contributed by atoms with E-state index in [2.05, 4.69) is 44.1 Å². The van der Waals surface area contributed by atoms with Gasteiger partial charge in [-0.2, -0.15) is 0 Å². The Kier molecular flexibility index (Phi) is 6.07. The van der Waals surface area contributed by atoms with Crippen molar-refractivity contribution in [2.45, 2.75) is 33.6 Å². The summed E-state index contributed by atoms with van der Waals surface area (Å²) >= 11 is 0. The molecular weight excluding hydrogens is 196 g/mol. The average Bonchev–Trinajstić information content (AvgIpc) is 2.22. The molecule has 0 heterocycles. The van der Waals surface area contributed by atoms with Crippen LogP contribution < -0.4 is 5.32 Å². The van der Waals surface area contributed by atoms with Crippen LogP contribution in [0.5, 0.6) is 0 Å². The largest absolute Gasteiger partial charge is 0.315 e. The molecule has 0 fully saturated rings. The maximum absolute atomic E-state index is 3.59. The van der Waals surface area contributed by atoms with Gasteiger partial charge in [0.1, 0.15) is 0 Å². The van der Waals surface area contributed by atoms with Crippen molar-refractivity contribution in [2.24, 2.45) is 11.8 Å². The van der Waals surface area contributed by atoms with Gasteiger partial charge in [-0.3, -0.25) is 0 Å². The minimum Gasteiger partial charge on any atom is -0.315 e. The Hall–Kier alpha value is -0.340. The van der Waals surface area contributed by atoms with Crippen molar-refractivity contribution in [3.63, 3.8) is 0 Å². The van der Waals surface area contributed by atoms with Crippen LogP contribution in [-0.2, 0) is 0 Å². The Bertz CT molecular complexity index is 223. The Morgan fingerprint density at radius 2 is 2.25 bits per heavy atom. The van der Waals surface area contributed by atoms with E-state index in [-0.39, 0.29) is 0 Å². The first kappa shape index (κ1) is 13.7. The lowest BCUT2D eigenvalue weighted by Gasteiger charge is -2.26. The standard InChI is InChI=1S/C14H28N2/c1-5-16(4)7-6-15-11-14-9-12(2)8-13(3)10-14/h8,12,14-15H,5-7,9-11H2,1-4H3. The Labute approximate surface area is 101 Å². The van der Waals surface area contributed by atoms with E-state index in [1.165, 1.54) is 19.4 Å². The summed E-state index contributed by atoms with van der Waals surface area (Å²) in [6.07, 6.45) is 5.08. The number of nitrogens with zero attached hydrogens (tertiary/aromatic N) is 1. The molecule has 0 aliphatic heterocycles. The third-order valence-corrected chi connectivity index (χ3v) is 3.53. The summed E-state index contributed by atoms with van der Waals surface area (Å²) in [7, 11) is 2.18. The van der Waals surface area contributed by atoms with Gasteiger partial charge >= 0.3 is 0 Å². The van der Waals surface area contributed by atoms with Gasteiger partial charge < -0.3 is 10.2 Å². The minimum atomic E-state index is 0.777. The van der Waals surface area contributed by atoms with Crippen LogP contribution in [0.3, 0.4) is 0 Å². The third kappa shape index (κ3) is 5.13. The summed E-state index contributed by atoms with van der Waals surface area (Å²) in [5.41, 5.74) is 1.58. The summed E-state index contributed by atoms with van der Waals surface area (Å²) in [6, 6.07) is 0. The summed E-state index contributed by atoms with van der Waals surface area (Å²) in [4.78, 5) is 2.35. The van der Waals surface area contributed by atoms with Gasteiger partial charge in [0.05, 0.1) is 0 Å². The van der Waals surface area contributed by atoms with Crippen LogP contribution in [-0.4, -0.2) is 38.1 Å². The predicted molar refractivity (Wildman–Crippen MR) is 71.7 cm³/mol. The van der Waals surface area contributed by atoms with Crippen LogP contribution in [0, 0.1) is 11.8 Å². The molecule has 0 bridgehead atoms. The molecule has 2 nitrogen and oxygen atoms in total. The SMILES string of the molecule is CCN(C)CCNCC1CC(C)=CC(C)C1. The molecule has 2 atom stereocenters. The molecule has 2 unspecified atom stereocenters. The lowest BCUT2D eigenvalue weighted by molar-refractivity contribution is 0.331. The smallest absolute Gasteiger partial charge is 0.0104 e. The highest BCUT2D eigenvalue weighted by atomic mass is 15.1. The zero-order chi connectivity index (χ0) is 12.0. The van der Waals surface area contributed by atoms with Gasteiger partial charge in [-0.05, 0) is 51.7 Å². The minimum absolute atomic E-state index is 0.777. The molecule has 16 heavy (non-hydrogen) atoms. The summed E-state index contributed by atoms with van der Waals surface area (Å²) in [5.74, 6) is 1.63. The summed E-state index contributed by atoms with van der Waals surface area (Å²) in [5, 5.41) is 3.59. The number of likely N-dealkylation sites (N-methyl/N-ethyl adjacent to an activating group) is 1. The topological polar surface area (TPSA) is 15.3 Å². The molecule has 0 aromatic rings. The molecule has 2 heteroatoms. The molecule has 94 valence electrons. The first-order valence-electron chi connectivity index (χ1n) is 6.68. The van der Waals surface area contributed by atoms with Crippen molar-refractivity contribution in [1.82, 2.24) is 10.2 Å². The highest BCUT2D eigenvalue weighted by Gasteiger charge is 2.17. The first-order valence-corrected chi connectivity index (χ1v) is 6.68. The Morgan fingerprint density at radius 1 is 1.50 bits per heavy atom. The molecule has 1 aliphatic rings. The molecule has 0 aromatic heterocycles. The third-order valence-electron chi connectivity index (χ3n) is 3.53. The van der Waals surface area contributed by atoms with Crippen LogP contribution in [0.25, 0.3) is 0 Å². The van der Waals surface area contributed by atoms with Gasteiger partial charge in [-0.15, -0.1) is 0 Å².